The van der Waals surface area contributed by atoms with Crippen LogP contribution in [0, 0.1) is 0 Å². The number of hydrogen-bond donors (Lipinski definition) is 0. The largest absolute Gasteiger partial charge is 0.379 e. The Bertz CT molecular complexity index is 511. The first kappa shape index (κ1) is 15.5. The number of rotatable bonds is 4. The van der Waals surface area contributed by atoms with Crippen molar-refractivity contribution < 1.29 is 14.1 Å². The van der Waals surface area contributed by atoms with Gasteiger partial charge in [0.15, 0.2) is 11.5 Å². The van der Waals surface area contributed by atoms with Gasteiger partial charge in [-0.1, -0.05) is 5.16 Å². The summed E-state index contributed by atoms with van der Waals surface area (Å²) in [5.41, 5.74) is 0.419. The Kier molecular flexibility index (Phi) is 4.75. The van der Waals surface area contributed by atoms with Gasteiger partial charge in [-0.25, -0.2) is 0 Å². The molecule has 1 amide bonds. The maximum Gasteiger partial charge on any atom is 0.276 e. The third-order valence-corrected chi connectivity index (χ3v) is 4.44. The minimum Gasteiger partial charge on any atom is -0.379 e. The Balaban J connectivity index is 1.57. The number of aromatic nitrogens is 1. The minimum atomic E-state index is -0.0265. The van der Waals surface area contributed by atoms with Gasteiger partial charge in [0.1, 0.15) is 0 Å². The van der Waals surface area contributed by atoms with Crippen LogP contribution < -0.4 is 0 Å². The molecule has 0 N–H and O–H groups in total. The van der Waals surface area contributed by atoms with E-state index in [1.165, 1.54) is 0 Å². The number of nitrogens with zero attached hydrogens (tertiary/aromatic N) is 4. The van der Waals surface area contributed by atoms with Crippen molar-refractivity contribution in [1.29, 1.82) is 0 Å². The highest BCUT2D eigenvalue weighted by Gasteiger charge is 2.29. The molecule has 2 aliphatic heterocycles. The summed E-state index contributed by atoms with van der Waals surface area (Å²) in [6.07, 6.45) is 1.01. The molecule has 0 radical (unpaired) electrons. The predicted octanol–water partition coefficient (Wildman–Crippen LogP) is 0.283. The van der Waals surface area contributed by atoms with Gasteiger partial charge in [-0.2, -0.15) is 0 Å². The second kappa shape index (κ2) is 6.76. The maximum absolute atomic E-state index is 12.5. The Morgan fingerprint density at radius 2 is 2.14 bits per heavy atom. The summed E-state index contributed by atoms with van der Waals surface area (Å²) >= 11 is 0. The van der Waals surface area contributed by atoms with E-state index in [0.29, 0.717) is 18.3 Å². The SMILES string of the molecule is CN(C)C1CCN(C(=O)c2cc(CN3CCOCC3)on2)C1. The zero-order chi connectivity index (χ0) is 15.5. The van der Waals surface area contributed by atoms with Crippen molar-refractivity contribution in [3.05, 3.63) is 17.5 Å². The molecule has 22 heavy (non-hydrogen) atoms. The summed E-state index contributed by atoms with van der Waals surface area (Å²) in [6.45, 7) is 5.51. The molecule has 7 nitrogen and oxygen atoms in total. The van der Waals surface area contributed by atoms with Crippen molar-refractivity contribution in [2.45, 2.75) is 19.0 Å². The van der Waals surface area contributed by atoms with Crippen molar-refractivity contribution >= 4 is 5.91 Å². The van der Waals surface area contributed by atoms with Crippen LogP contribution in [-0.2, 0) is 11.3 Å². The van der Waals surface area contributed by atoms with Gasteiger partial charge in [0.05, 0.1) is 19.8 Å². The molecular formula is C15H24N4O3. The van der Waals surface area contributed by atoms with E-state index < -0.39 is 0 Å². The molecule has 1 unspecified atom stereocenters. The lowest BCUT2D eigenvalue weighted by atomic mass is 10.2. The zero-order valence-corrected chi connectivity index (χ0v) is 13.3. The van der Waals surface area contributed by atoms with Crippen molar-refractivity contribution in [2.24, 2.45) is 0 Å². The molecule has 0 bridgehead atoms. The number of morpholine rings is 1. The predicted molar refractivity (Wildman–Crippen MR) is 80.6 cm³/mol. The highest BCUT2D eigenvalue weighted by molar-refractivity contribution is 5.92. The topological polar surface area (TPSA) is 62.0 Å². The number of likely N-dealkylation sites (tertiary alicyclic amines) is 1. The highest BCUT2D eigenvalue weighted by Crippen LogP contribution is 2.17. The van der Waals surface area contributed by atoms with Crippen molar-refractivity contribution in [2.75, 3.05) is 53.5 Å². The van der Waals surface area contributed by atoms with E-state index in [-0.39, 0.29) is 5.91 Å². The van der Waals surface area contributed by atoms with Crippen molar-refractivity contribution in [3.8, 4) is 0 Å². The molecule has 2 fully saturated rings. The van der Waals surface area contributed by atoms with Gasteiger partial charge in [0.2, 0.25) is 0 Å². The summed E-state index contributed by atoms with van der Waals surface area (Å²) < 4.78 is 10.7. The fourth-order valence-electron chi connectivity index (χ4n) is 2.98. The molecule has 2 aliphatic rings. The van der Waals surface area contributed by atoms with E-state index in [0.717, 1.165) is 51.6 Å². The second-order valence-electron chi connectivity index (χ2n) is 6.22. The van der Waals surface area contributed by atoms with Gasteiger partial charge >= 0.3 is 0 Å². The number of amides is 1. The average Bonchev–Trinajstić information content (AvgIpc) is 3.17. The van der Waals surface area contributed by atoms with Crippen LogP contribution >= 0.6 is 0 Å². The summed E-state index contributed by atoms with van der Waals surface area (Å²) in [5.74, 6) is 0.718. The molecule has 3 rings (SSSR count). The van der Waals surface area contributed by atoms with Crippen LogP contribution in [0.2, 0.25) is 0 Å². The Hall–Kier alpha value is -1.44. The van der Waals surface area contributed by atoms with E-state index in [2.05, 4.69) is 29.1 Å². The van der Waals surface area contributed by atoms with Crippen LogP contribution in [0.3, 0.4) is 0 Å². The van der Waals surface area contributed by atoms with Crippen molar-refractivity contribution in [1.82, 2.24) is 19.9 Å². The molecule has 2 saturated heterocycles. The highest BCUT2D eigenvalue weighted by atomic mass is 16.5. The summed E-state index contributed by atoms with van der Waals surface area (Å²) in [7, 11) is 4.10. The molecule has 0 aromatic carbocycles. The second-order valence-corrected chi connectivity index (χ2v) is 6.22. The van der Waals surface area contributed by atoms with Crippen LogP contribution in [0.5, 0.6) is 0 Å². The molecule has 1 atom stereocenters. The van der Waals surface area contributed by atoms with Gasteiger partial charge in [0.25, 0.3) is 5.91 Å². The summed E-state index contributed by atoms with van der Waals surface area (Å²) in [5, 5.41) is 3.96. The van der Waals surface area contributed by atoms with Crippen LogP contribution in [0.1, 0.15) is 22.7 Å². The third-order valence-electron chi connectivity index (χ3n) is 4.44. The van der Waals surface area contributed by atoms with Crippen LogP contribution in [0.25, 0.3) is 0 Å². The number of carbonyl (C=O) groups excluding carboxylic acids is 1. The van der Waals surface area contributed by atoms with Crippen LogP contribution in [-0.4, -0.2) is 85.3 Å². The quantitative estimate of drug-likeness (QED) is 0.796. The lowest BCUT2D eigenvalue weighted by Gasteiger charge is -2.25. The van der Waals surface area contributed by atoms with E-state index in [1.54, 1.807) is 6.07 Å². The average molecular weight is 308 g/mol. The van der Waals surface area contributed by atoms with Crippen LogP contribution in [0.15, 0.2) is 10.6 Å². The first-order valence-electron chi connectivity index (χ1n) is 7.85. The van der Waals surface area contributed by atoms with E-state index in [9.17, 15) is 4.79 Å². The molecule has 7 heteroatoms. The normalized spacial score (nSPS) is 23.4. The fourth-order valence-corrected chi connectivity index (χ4v) is 2.98. The number of hydrogen-bond acceptors (Lipinski definition) is 6. The number of likely N-dealkylation sites (N-methyl/N-ethyl adjacent to an activating group) is 1. The molecule has 3 heterocycles. The summed E-state index contributed by atoms with van der Waals surface area (Å²) in [6, 6.07) is 2.21. The standard InChI is InChI=1S/C15H24N4O3/c1-17(2)12-3-4-19(10-12)15(20)14-9-13(22-16-14)11-18-5-7-21-8-6-18/h9,12H,3-8,10-11H2,1-2H3. The molecule has 1 aromatic heterocycles. The van der Waals surface area contributed by atoms with E-state index in [1.807, 2.05) is 4.90 Å². The zero-order valence-electron chi connectivity index (χ0n) is 13.3. The molecule has 0 aliphatic carbocycles. The van der Waals surface area contributed by atoms with E-state index in [4.69, 9.17) is 9.26 Å². The molecular weight excluding hydrogens is 284 g/mol. The first-order chi connectivity index (χ1) is 10.6. The van der Waals surface area contributed by atoms with Gasteiger partial charge in [-0.3, -0.25) is 9.69 Å². The molecule has 122 valence electrons. The lowest BCUT2D eigenvalue weighted by Crippen LogP contribution is -2.35. The monoisotopic (exact) mass is 308 g/mol. The van der Waals surface area contributed by atoms with Crippen molar-refractivity contribution in [3.63, 3.8) is 0 Å². The van der Waals surface area contributed by atoms with Crippen LogP contribution in [0.4, 0.5) is 0 Å². The minimum absolute atomic E-state index is 0.0265. The Labute approximate surface area is 130 Å². The van der Waals surface area contributed by atoms with Gasteiger partial charge in [0, 0.05) is 38.3 Å². The number of ether oxygens (including phenoxy) is 1. The van der Waals surface area contributed by atoms with Gasteiger partial charge < -0.3 is 19.1 Å². The number of carbonyl (C=O) groups is 1. The van der Waals surface area contributed by atoms with Gasteiger partial charge in [-0.15, -0.1) is 0 Å². The molecule has 0 spiro atoms. The fraction of sp³-hybridized carbons (Fsp3) is 0.733. The van der Waals surface area contributed by atoms with Gasteiger partial charge in [-0.05, 0) is 20.5 Å². The molecule has 0 saturated carbocycles. The lowest BCUT2D eigenvalue weighted by molar-refractivity contribution is 0.0305. The maximum atomic E-state index is 12.5. The Morgan fingerprint density at radius 3 is 2.82 bits per heavy atom. The Morgan fingerprint density at radius 1 is 1.36 bits per heavy atom. The third kappa shape index (κ3) is 3.48. The summed E-state index contributed by atoms with van der Waals surface area (Å²) in [4.78, 5) is 18.7. The van der Waals surface area contributed by atoms with E-state index >= 15 is 0 Å². The smallest absolute Gasteiger partial charge is 0.276 e. The first-order valence-corrected chi connectivity index (χ1v) is 7.85. The molecule has 1 aromatic rings.